The summed E-state index contributed by atoms with van der Waals surface area (Å²) in [6.07, 6.45) is 1.22. The van der Waals surface area contributed by atoms with Crippen LogP contribution in [0.1, 0.15) is 10.4 Å². The standard InChI is InChI=1S/C16H18N6O4S/c23-15(8-22-18-10-17-20-22)19-13-9-27(25,26)14-7-21(6-12(13)14)16(24)11-4-2-1-3-5-11/h1-5,10,12-14H,6-9H2,(H,19,23)/t12-,13+,14-/m0/s1. The number of carbonyl (C=O) groups excluding carboxylic acids is 2. The summed E-state index contributed by atoms with van der Waals surface area (Å²) in [5.41, 5.74) is 0.521. The van der Waals surface area contributed by atoms with E-state index in [1.165, 1.54) is 6.33 Å². The molecule has 0 unspecified atom stereocenters. The van der Waals surface area contributed by atoms with Gasteiger partial charge in [0.1, 0.15) is 6.54 Å². The molecule has 27 heavy (non-hydrogen) atoms. The van der Waals surface area contributed by atoms with Crippen LogP contribution in [0.2, 0.25) is 0 Å². The van der Waals surface area contributed by atoms with Gasteiger partial charge in [0.05, 0.1) is 11.0 Å². The number of carbonyl (C=O) groups is 2. The number of nitrogens with one attached hydrogen (secondary N) is 1. The Balaban J connectivity index is 1.47. The summed E-state index contributed by atoms with van der Waals surface area (Å²) in [4.78, 5) is 27.5. The predicted octanol–water partition coefficient (Wildman–Crippen LogP) is -1.27. The smallest absolute Gasteiger partial charge is 0.253 e. The number of hydrogen-bond donors (Lipinski definition) is 1. The number of rotatable bonds is 4. The average molecular weight is 390 g/mol. The van der Waals surface area contributed by atoms with E-state index in [-0.39, 0.29) is 36.6 Å². The fourth-order valence-corrected chi connectivity index (χ4v) is 6.08. The van der Waals surface area contributed by atoms with Crippen molar-refractivity contribution < 1.29 is 18.0 Å². The van der Waals surface area contributed by atoms with Crippen molar-refractivity contribution >= 4 is 21.7 Å². The summed E-state index contributed by atoms with van der Waals surface area (Å²) in [6.45, 7) is 0.308. The first-order chi connectivity index (χ1) is 12.9. The second-order valence-electron chi connectivity index (χ2n) is 6.75. The van der Waals surface area contributed by atoms with E-state index < -0.39 is 21.1 Å². The van der Waals surface area contributed by atoms with Crippen LogP contribution in [0.25, 0.3) is 0 Å². The molecule has 3 atom stereocenters. The normalized spacial score (nSPS) is 25.9. The molecule has 142 valence electrons. The molecule has 1 N–H and O–H groups in total. The van der Waals surface area contributed by atoms with Gasteiger partial charge >= 0.3 is 0 Å². The Morgan fingerprint density at radius 2 is 1.96 bits per heavy atom. The molecule has 2 aromatic rings. The lowest BCUT2D eigenvalue weighted by molar-refractivity contribution is -0.122. The van der Waals surface area contributed by atoms with Crippen molar-refractivity contribution in [1.29, 1.82) is 0 Å². The molecule has 2 aliphatic heterocycles. The number of likely N-dealkylation sites (tertiary alicyclic amines) is 1. The molecule has 2 amide bonds. The Morgan fingerprint density at radius 3 is 2.67 bits per heavy atom. The van der Waals surface area contributed by atoms with Crippen molar-refractivity contribution in [3.8, 4) is 0 Å². The number of amides is 2. The van der Waals surface area contributed by atoms with Crippen molar-refractivity contribution in [1.82, 2.24) is 30.4 Å². The number of sulfone groups is 1. The molecule has 11 heteroatoms. The first-order valence-electron chi connectivity index (χ1n) is 8.50. The monoisotopic (exact) mass is 390 g/mol. The van der Waals surface area contributed by atoms with Crippen LogP contribution in [-0.4, -0.2) is 75.5 Å². The van der Waals surface area contributed by atoms with Gasteiger partial charge in [0.25, 0.3) is 5.91 Å². The van der Waals surface area contributed by atoms with Crippen molar-refractivity contribution in [3.05, 3.63) is 42.2 Å². The summed E-state index contributed by atoms with van der Waals surface area (Å²) < 4.78 is 25.1. The van der Waals surface area contributed by atoms with Gasteiger partial charge in [-0.2, -0.15) is 4.80 Å². The van der Waals surface area contributed by atoms with E-state index in [2.05, 4.69) is 20.7 Å². The molecule has 0 saturated carbocycles. The van der Waals surface area contributed by atoms with Gasteiger partial charge in [0.2, 0.25) is 5.91 Å². The van der Waals surface area contributed by atoms with Gasteiger partial charge in [-0.15, -0.1) is 10.2 Å². The van der Waals surface area contributed by atoms with Crippen molar-refractivity contribution in [2.75, 3.05) is 18.8 Å². The van der Waals surface area contributed by atoms with Gasteiger partial charge in [-0.25, -0.2) is 8.42 Å². The number of benzene rings is 1. The van der Waals surface area contributed by atoms with Crippen LogP contribution in [-0.2, 0) is 21.2 Å². The van der Waals surface area contributed by atoms with Crippen LogP contribution in [0, 0.1) is 5.92 Å². The van der Waals surface area contributed by atoms with Crippen LogP contribution in [0.15, 0.2) is 36.7 Å². The largest absolute Gasteiger partial charge is 0.350 e. The third-order valence-corrected chi connectivity index (χ3v) is 7.27. The zero-order chi connectivity index (χ0) is 19.0. The van der Waals surface area contributed by atoms with E-state index >= 15 is 0 Å². The topological polar surface area (TPSA) is 127 Å². The molecule has 2 fully saturated rings. The Bertz CT molecular complexity index is 947. The van der Waals surface area contributed by atoms with Gasteiger partial charge in [0.15, 0.2) is 16.2 Å². The highest BCUT2D eigenvalue weighted by atomic mass is 32.2. The third kappa shape index (κ3) is 3.42. The lowest BCUT2D eigenvalue weighted by Crippen LogP contribution is -2.44. The zero-order valence-corrected chi connectivity index (χ0v) is 15.1. The number of hydrogen-bond acceptors (Lipinski definition) is 7. The molecule has 10 nitrogen and oxygen atoms in total. The van der Waals surface area contributed by atoms with Crippen molar-refractivity contribution in [2.45, 2.75) is 17.8 Å². The van der Waals surface area contributed by atoms with Gasteiger partial charge < -0.3 is 10.2 Å². The molecule has 0 radical (unpaired) electrons. The second-order valence-corrected chi connectivity index (χ2v) is 9.01. The molecule has 4 rings (SSSR count). The lowest BCUT2D eigenvalue weighted by atomic mass is 10.0. The minimum Gasteiger partial charge on any atom is -0.350 e. The fraction of sp³-hybridized carbons (Fsp3) is 0.438. The van der Waals surface area contributed by atoms with E-state index in [0.717, 1.165) is 4.80 Å². The molecule has 3 heterocycles. The van der Waals surface area contributed by atoms with E-state index in [9.17, 15) is 18.0 Å². The van der Waals surface area contributed by atoms with Crippen molar-refractivity contribution in [3.63, 3.8) is 0 Å². The number of aromatic nitrogens is 4. The average Bonchev–Trinajstić information content (AvgIpc) is 3.34. The van der Waals surface area contributed by atoms with E-state index in [0.29, 0.717) is 12.1 Å². The molecule has 0 spiro atoms. The van der Waals surface area contributed by atoms with Gasteiger partial charge in [-0.05, 0) is 17.3 Å². The van der Waals surface area contributed by atoms with Crippen molar-refractivity contribution in [2.24, 2.45) is 5.92 Å². The van der Waals surface area contributed by atoms with E-state index in [1.54, 1.807) is 29.2 Å². The highest BCUT2D eigenvalue weighted by Crippen LogP contribution is 2.34. The molecule has 0 aliphatic carbocycles. The number of tetrazole rings is 1. The minimum atomic E-state index is -3.39. The van der Waals surface area contributed by atoms with E-state index in [4.69, 9.17) is 0 Å². The first kappa shape index (κ1) is 17.6. The summed E-state index contributed by atoms with van der Waals surface area (Å²) in [7, 11) is -3.39. The quantitative estimate of drug-likeness (QED) is 0.689. The molecule has 1 aromatic carbocycles. The van der Waals surface area contributed by atoms with E-state index in [1.807, 2.05) is 6.07 Å². The van der Waals surface area contributed by atoms with Crippen LogP contribution in [0.3, 0.4) is 0 Å². The molecular weight excluding hydrogens is 372 g/mol. The van der Waals surface area contributed by atoms with Crippen LogP contribution in [0.4, 0.5) is 0 Å². The summed E-state index contributed by atoms with van der Waals surface area (Å²) >= 11 is 0. The summed E-state index contributed by atoms with van der Waals surface area (Å²) in [6, 6.07) is 8.22. The maximum absolute atomic E-state index is 12.6. The lowest BCUT2D eigenvalue weighted by Gasteiger charge is -2.21. The third-order valence-electron chi connectivity index (χ3n) is 5.03. The Morgan fingerprint density at radius 1 is 1.19 bits per heavy atom. The summed E-state index contributed by atoms with van der Waals surface area (Å²) in [5, 5.41) is 13.0. The highest BCUT2D eigenvalue weighted by molar-refractivity contribution is 7.92. The number of fused-ring (bicyclic) bond motifs is 1. The fourth-order valence-electron chi connectivity index (χ4n) is 3.78. The van der Waals surface area contributed by atoms with Gasteiger partial charge in [-0.3, -0.25) is 9.59 Å². The highest BCUT2D eigenvalue weighted by Gasteiger charge is 2.53. The zero-order valence-electron chi connectivity index (χ0n) is 14.3. The van der Waals surface area contributed by atoms with Gasteiger partial charge in [-0.1, -0.05) is 18.2 Å². The summed E-state index contributed by atoms with van der Waals surface area (Å²) in [5.74, 6) is -1.03. The molecule has 2 saturated heterocycles. The Kier molecular flexibility index (Phi) is 4.38. The molecule has 1 aromatic heterocycles. The molecule has 0 bridgehead atoms. The van der Waals surface area contributed by atoms with Crippen LogP contribution < -0.4 is 5.32 Å². The second kappa shape index (κ2) is 6.72. The molecule has 2 aliphatic rings. The Hall–Kier alpha value is -2.82. The molecular formula is C16H18N6O4S. The SMILES string of the molecule is O=C(Cn1ncnn1)N[C@@H]1CS(=O)(=O)[C@H]2CN(C(=O)c3ccccc3)C[C@@H]12. The maximum atomic E-state index is 12.6. The maximum Gasteiger partial charge on any atom is 0.253 e. The van der Waals surface area contributed by atoms with Gasteiger partial charge in [0, 0.05) is 30.6 Å². The van der Waals surface area contributed by atoms with Crippen LogP contribution >= 0.6 is 0 Å². The first-order valence-corrected chi connectivity index (χ1v) is 10.2. The Labute approximate surface area is 155 Å². The minimum absolute atomic E-state index is 0.119. The predicted molar refractivity (Wildman–Crippen MR) is 93.2 cm³/mol. The number of nitrogens with zero attached hydrogens (tertiary/aromatic N) is 5. The van der Waals surface area contributed by atoms with Crippen LogP contribution in [0.5, 0.6) is 0 Å².